The second kappa shape index (κ2) is 6.45. The molecular formula is C20H22FN. The van der Waals surface area contributed by atoms with Crippen molar-refractivity contribution < 1.29 is 4.39 Å². The predicted molar refractivity (Wildman–Crippen MR) is 92.6 cm³/mol. The van der Waals surface area contributed by atoms with Crippen LogP contribution in [0.4, 0.5) is 4.39 Å². The van der Waals surface area contributed by atoms with E-state index in [0.717, 1.165) is 13.0 Å². The van der Waals surface area contributed by atoms with Gasteiger partial charge in [0.15, 0.2) is 0 Å². The zero-order chi connectivity index (χ0) is 15.5. The standard InChI is InChI=1S/C20H22FN/c1-14-5-3-6-15-7-4-8-19(20(14)15)18-10-9-17(21)13-16(18)11-12-22-2/h3-9,22H,10-13H2,1-2H3. The molecular weight excluding hydrogens is 273 g/mol. The highest BCUT2D eigenvalue weighted by Crippen LogP contribution is 2.37. The lowest BCUT2D eigenvalue weighted by molar-refractivity contribution is 0.593. The van der Waals surface area contributed by atoms with Crippen LogP contribution in [0.3, 0.4) is 0 Å². The van der Waals surface area contributed by atoms with Crippen LogP contribution in [-0.2, 0) is 0 Å². The van der Waals surface area contributed by atoms with Gasteiger partial charge in [-0.3, -0.25) is 0 Å². The average molecular weight is 295 g/mol. The predicted octanol–water partition coefficient (Wildman–Crippen LogP) is 5.16. The van der Waals surface area contributed by atoms with Crippen LogP contribution in [0.25, 0.3) is 16.3 Å². The van der Waals surface area contributed by atoms with Crippen LogP contribution < -0.4 is 5.32 Å². The Morgan fingerprint density at radius 2 is 1.91 bits per heavy atom. The number of allylic oxidation sites excluding steroid dienone is 3. The van der Waals surface area contributed by atoms with Crippen LogP contribution >= 0.6 is 0 Å². The molecule has 0 saturated heterocycles. The number of hydrogen-bond donors (Lipinski definition) is 1. The molecule has 1 aliphatic carbocycles. The first-order valence-electron chi connectivity index (χ1n) is 7.89. The summed E-state index contributed by atoms with van der Waals surface area (Å²) in [7, 11) is 1.94. The van der Waals surface area contributed by atoms with Crippen LogP contribution in [0.1, 0.15) is 30.4 Å². The monoisotopic (exact) mass is 295 g/mol. The van der Waals surface area contributed by atoms with Crippen LogP contribution in [-0.4, -0.2) is 13.6 Å². The summed E-state index contributed by atoms with van der Waals surface area (Å²) in [5.74, 6) is 0.00631. The second-order valence-corrected chi connectivity index (χ2v) is 5.95. The van der Waals surface area contributed by atoms with Crippen LogP contribution in [0.2, 0.25) is 0 Å². The number of halogens is 1. The van der Waals surface area contributed by atoms with E-state index in [1.54, 1.807) is 6.08 Å². The highest BCUT2D eigenvalue weighted by molar-refractivity contribution is 5.97. The Hall–Kier alpha value is -1.93. The first-order valence-corrected chi connectivity index (χ1v) is 7.89. The lowest BCUT2D eigenvalue weighted by Crippen LogP contribution is -2.10. The van der Waals surface area contributed by atoms with Crippen molar-refractivity contribution in [2.24, 2.45) is 0 Å². The van der Waals surface area contributed by atoms with Gasteiger partial charge in [-0.15, -0.1) is 0 Å². The molecule has 2 heteroatoms. The molecule has 0 saturated carbocycles. The fourth-order valence-corrected chi connectivity index (χ4v) is 3.34. The van der Waals surface area contributed by atoms with E-state index in [1.807, 2.05) is 7.05 Å². The summed E-state index contributed by atoms with van der Waals surface area (Å²) in [4.78, 5) is 0. The Kier molecular flexibility index (Phi) is 4.39. The first-order chi connectivity index (χ1) is 10.7. The van der Waals surface area contributed by atoms with Gasteiger partial charge in [0.25, 0.3) is 0 Å². The lowest BCUT2D eigenvalue weighted by Gasteiger charge is -2.20. The molecule has 0 unspecified atom stereocenters. The third-order valence-electron chi connectivity index (χ3n) is 4.45. The van der Waals surface area contributed by atoms with Gasteiger partial charge in [-0.2, -0.15) is 0 Å². The van der Waals surface area contributed by atoms with E-state index in [-0.39, 0.29) is 5.83 Å². The summed E-state index contributed by atoms with van der Waals surface area (Å²) >= 11 is 0. The largest absolute Gasteiger partial charge is 0.319 e. The topological polar surface area (TPSA) is 12.0 Å². The third kappa shape index (κ3) is 2.84. The molecule has 0 heterocycles. The molecule has 1 aliphatic rings. The number of benzene rings is 2. The molecule has 0 bridgehead atoms. The van der Waals surface area contributed by atoms with Crippen molar-refractivity contribution in [3.8, 4) is 0 Å². The molecule has 0 spiro atoms. The normalized spacial score (nSPS) is 15.3. The van der Waals surface area contributed by atoms with E-state index in [0.29, 0.717) is 12.8 Å². The Bertz CT molecular complexity index is 750. The van der Waals surface area contributed by atoms with Gasteiger partial charge in [-0.05, 0) is 66.9 Å². The fourth-order valence-electron chi connectivity index (χ4n) is 3.34. The van der Waals surface area contributed by atoms with Gasteiger partial charge in [0.05, 0.1) is 0 Å². The van der Waals surface area contributed by atoms with Gasteiger partial charge < -0.3 is 5.32 Å². The summed E-state index contributed by atoms with van der Waals surface area (Å²) in [6.45, 7) is 3.04. The number of rotatable bonds is 4. The van der Waals surface area contributed by atoms with E-state index in [2.05, 4.69) is 48.6 Å². The number of hydrogen-bond acceptors (Lipinski definition) is 1. The quantitative estimate of drug-likeness (QED) is 0.821. The molecule has 22 heavy (non-hydrogen) atoms. The van der Waals surface area contributed by atoms with Gasteiger partial charge in [0.2, 0.25) is 0 Å². The van der Waals surface area contributed by atoms with E-state index in [9.17, 15) is 4.39 Å². The van der Waals surface area contributed by atoms with Crippen LogP contribution in [0.15, 0.2) is 53.9 Å². The summed E-state index contributed by atoms with van der Waals surface area (Å²) in [5.41, 5.74) is 5.08. The molecule has 1 nitrogen and oxygen atoms in total. The van der Waals surface area contributed by atoms with Gasteiger partial charge in [0, 0.05) is 6.42 Å². The molecule has 3 rings (SSSR count). The molecule has 0 aliphatic heterocycles. The van der Waals surface area contributed by atoms with Crippen molar-refractivity contribution in [3.05, 3.63) is 65.0 Å². The van der Waals surface area contributed by atoms with Crippen molar-refractivity contribution in [1.82, 2.24) is 5.32 Å². The molecule has 2 aromatic rings. The third-order valence-corrected chi connectivity index (χ3v) is 4.45. The molecule has 0 amide bonds. The van der Waals surface area contributed by atoms with Crippen molar-refractivity contribution in [3.63, 3.8) is 0 Å². The van der Waals surface area contributed by atoms with Gasteiger partial charge in [0.1, 0.15) is 5.83 Å². The van der Waals surface area contributed by atoms with Gasteiger partial charge in [-0.25, -0.2) is 4.39 Å². The van der Waals surface area contributed by atoms with E-state index < -0.39 is 0 Å². The maximum Gasteiger partial charge on any atom is 0.100 e. The highest BCUT2D eigenvalue weighted by Gasteiger charge is 2.17. The maximum atomic E-state index is 13.7. The molecule has 0 atom stereocenters. The molecule has 0 fully saturated rings. The van der Waals surface area contributed by atoms with Crippen molar-refractivity contribution in [1.29, 1.82) is 0 Å². The molecule has 0 radical (unpaired) electrons. The number of aryl methyl sites for hydroxylation is 1. The minimum absolute atomic E-state index is 0.00631. The zero-order valence-corrected chi connectivity index (χ0v) is 13.2. The summed E-state index contributed by atoms with van der Waals surface area (Å²) < 4.78 is 13.7. The van der Waals surface area contributed by atoms with Crippen molar-refractivity contribution in [2.45, 2.75) is 26.2 Å². The molecule has 114 valence electrons. The zero-order valence-electron chi connectivity index (χ0n) is 13.2. The highest BCUT2D eigenvalue weighted by atomic mass is 19.1. The first kappa shape index (κ1) is 15.0. The SMILES string of the molecule is CNCCC1=C(c2cccc3cccc(C)c23)CC=C(F)C1. The molecule has 1 N–H and O–H groups in total. The van der Waals surface area contributed by atoms with E-state index >= 15 is 0 Å². The Balaban J connectivity index is 2.15. The van der Waals surface area contributed by atoms with Crippen LogP contribution in [0.5, 0.6) is 0 Å². The summed E-state index contributed by atoms with van der Waals surface area (Å²) in [5, 5.41) is 5.74. The van der Waals surface area contributed by atoms with E-state index in [1.165, 1.54) is 33.0 Å². The molecule has 0 aromatic heterocycles. The number of nitrogens with one attached hydrogen (secondary N) is 1. The second-order valence-electron chi connectivity index (χ2n) is 5.95. The maximum absolute atomic E-state index is 13.7. The Morgan fingerprint density at radius 3 is 2.68 bits per heavy atom. The van der Waals surface area contributed by atoms with Gasteiger partial charge >= 0.3 is 0 Å². The Morgan fingerprint density at radius 1 is 1.14 bits per heavy atom. The number of fused-ring (bicyclic) bond motifs is 1. The summed E-state index contributed by atoms with van der Waals surface area (Å²) in [6.07, 6.45) is 3.78. The average Bonchev–Trinajstić information content (AvgIpc) is 2.53. The van der Waals surface area contributed by atoms with E-state index in [4.69, 9.17) is 0 Å². The molecule has 2 aromatic carbocycles. The lowest BCUT2D eigenvalue weighted by atomic mass is 9.86. The summed E-state index contributed by atoms with van der Waals surface area (Å²) in [6, 6.07) is 12.8. The van der Waals surface area contributed by atoms with Gasteiger partial charge in [-0.1, -0.05) is 42.0 Å². The fraction of sp³-hybridized carbons (Fsp3) is 0.300. The van der Waals surface area contributed by atoms with Crippen LogP contribution in [0, 0.1) is 6.92 Å². The Labute approximate surface area is 131 Å². The van der Waals surface area contributed by atoms with Crippen molar-refractivity contribution in [2.75, 3.05) is 13.6 Å². The minimum Gasteiger partial charge on any atom is -0.319 e. The minimum atomic E-state index is 0.00631. The van der Waals surface area contributed by atoms with Crippen molar-refractivity contribution >= 4 is 16.3 Å². The smallest absolute Gasteiger partial charge is 0.100 e.